The van der Waals surface area contributed by atoms with E-state index in [9.17, 15) is 0 Å². The Morgan fingerprint density at radius 3 is 2.37 bits per heavy atom. The Hall–Kier alpha value is -1.25. The van der Waals surface area contributed by atoms with Gasteiger partial charge in [0.25, 0.3) is 0 Å². The number of nitrogens with one attached hydrogen (secondary N) is 1. The van der Waals surface area contributed by atoms with Gasteiger partial charge < -0.3 is 5.32 Å². The van der Waals surface area contributed by atoms with Gasteiger partial charge in [-0.3, -0.25) is 0 Å². The monoisotopic (exact) mass is 271 g/mol. The number of thioether (sulfide) groups is 1. The van der Waals surface area contributed by atoms with Crippen LogP contribution in [0.15, 0.2) is 53.4 Å². The molecule has 0 aromatic heterocycles. The van der Waals surface area contributed by atoms with E-state index in [1.807, 2.05) is 11.8 Å². The van der Waals surface area contributed by atoms with Crippen LogP contribution in [-0.4, -0.2) is 12.8 Å². The van der Waals surface area contributed by atoms with Crippen molar-refractivity contribution in [2.24, 2.45) is 0 Å². The molecular formula is C17H21NS. The minimum absolute atomic E-state index is 0.272. The van der Waals surface area contributed by atoms with Crippen LogP contribution in [0.5, 0.6) is 0 Å². The van der Waals surface area contributed by atoms with Crippen LogP contribution in [0.3, 0.4) is 0 Å². The Labute approximate surface area is 120 Å². The molecule has 1 unspecified atom stereocenters. The fourth-order valence-corrected chi connectivity index (χ4v) is 2.91. The normalized spacial score (nSPS) is 12.4. The molecule has 1 nitrogen and oxygen atoms in total. The van der Waals surface area contributed by atoms with E-state index in [-0.39, 0.29) is 6.04 Å². The molecule has 2 heteroatoms. The third kappa shape index (κ3) is 3.40. The lowest BCUT2D eigenvalue weighted by Gasteiger charge is -2.21. The van der Waals surface area contributed by atoms with Crippen molar-refractivity contribution in [3.63, 3.8) is 0 Å². The number of rotatable bonds is 5. The first kappa shape index (κ1) is 14.2. The van der Waals surface area contributed by atoms with Crippen LogP contribution in [0.25, 0.3) is 0 Å². The fraction of sp³-hybridized carbons (Fsp3) is 0.294. The maximum absolute atomic E-state index is 3.60. The average molecular weight is 271 g/mol. The second kappa shape index (κ2) is 6.78. The summed E-state index contributed by atoms with van der Waals surface area (Å²) in [5.41, 5.74) is 3.99. The van der Waals surface area contributed by atoms with Gasteiger partial charge in [0.2, 0.25) is 0 Å². The van der Waals surface area contributed by atoms with Crippen molar-refractivity contribution in [3.8, 4) is 0 Å². The van der Waals surface area contributed by atoms with Gasteiger partial charge in [0.1, 0.15) is 0 Å². The minimum Gasteiger partial charge on any atom is -0.306 e. The van der Waals surface area contributed by atoms with Gasteiger partial charge in [-0.25, -0.2) is 0 Å². The highest BCUT2D eigenvalue weighted by atomic mass is 32.2. The zero-order valence-corrected chi connectivity index (χ0v) is 12.6. The molecule has 0 aliphatic heterocycles. The van der Waals surface area contributed by atoms with Gasteiger partial charge in [0, 0.05) is 4.90 Å². The largest absolute Gasteiger partial charge is 0.306 e. The van der Waals surface area contributed by atoms with E-state index < -0.39 is 0 Å². The smallest absolute Gasteiger partial charge is 0.0587 e. The van der Waals surface area contributed by atoms with E-state index in [1.165, 1.54) is 21.6 Å². The maximum Gasteiger partial charge on any atom is 0.0587 e. The summed E-state index contributed by atoms with van der Waals surface area (Å²) in [7, 11) is 0. The number of aryl methyl sites for hydroxylation is 1. The third-order valence-electron chi connectivity index (χ3n) is 3.27. The molecule has 2 aromatic rings. The van der Waals surface area contributed by atoms with Crippen LogP contribution in [0.4, 0.5) is 0 Å². The SMILES string of the molecule is CCNC(c1ccc(C)cc1)c1ccccc1SC. The molecule has 0 heterocycles. The Morgan fingerprint density at radius 2 is 1.74 bits per heavy atom. The average Bonchev–Trinajstić information content (AvgIpc) is 2.46. The first-order chi connectivity index (χ1) is 9.26. The summed E-state index contributed by atoms with van der Waals surface area (Å²) in [6, 6.07) is 17.7. The zero-order valence-electron chi connectivity index (χ0n) is 11.8. The van der Waals surface area contributed by atoms with Crippen molar-refractivity contribution in [2.45, 2.75) is 24.8 Å². The van der Waals surface area contributed by atoms with Crippen LogP contribution in [0.2, 0.25) is 0 Å². The molecule has 0 fully saturated rings. The maximum atomic E-state index is 3.60. The molecule has 0 aliphatic carbocycles. The molecule has 19 heavy (non-hydrogen) atoms. The summed E-state index contributed by atoms with van der Waals surface area (Å²) in [6.07, 6.45) is 2.14. The molecule has 100 valence electrons. The third-order valence-corrected chi connectivity index (χ3v) is 4.08. The summed E-state index contributed by atoms with van der Waals surface area (Å²) in [5, 5.41) is 3.60. The van der Waals surface area contributed by atoms with E-state index in [4.69, 9.17) is 0 Å². The van der Waals surface area contributed by atoms with Crippen molar-refractivity contribution >= 4 is 11.8 Å². The van der Waals surface area contributed by atoms with Gasteiger partial charge in [0.05, 0.1) is 6.04 Å². The van der Waals surface area contributed by atoms with Gasteiger partial charge >= 0.3 is 0 Å². The van der Waals surface area contributed by atoms with Crippen molar-refractivity contribution in [1.29, 1.82) is 0 Å². The standard InChI is InChI=1S/C17H21NS/c1-4-18-17(14-11-9-13(2)10-12-14)15-7-5-6-8-16(15)19-3/h5-12,17-18H,4H2,1-3H3. The zero-order chi connectivity index (χ0) is 13.7. The number of hydrogen-bond donors (Lipinski definition) is 1. The lowest BCUT2D eigenvalue weighted by molar-refractivity contribution is 0.622. The topological polar surface area (TPSA) is 12.0 Å². The van der Waals surface area contributed by atoms with Gasteiger partial charge in [0.15, 0.2) is 0 Å². The second-order valence-electron chi connectivity index (χ2n) is 4.64. The highest BCUT2D eigenvalue weighted by molar-refractivity contribution is 7.98. The summed E-state index contributed by atoms with van der Waals surface area (Å²) >= 11 is 1.81. The lowest BCUT2D eigenvalue weighted by atomic mass is 9.98. The minimum atomic E-state index is 0.272. The van der Waals surface area contributed by atoms with E-state index in [0.29, 0.717) is 0 Å². The quantitative estimate of drug-likeness (QED) is 0.808. The molecule has 0 spiro atoms. The van der Waals surface area contributed by atoms with Crippen LogP contribution in [-0.2, 0) is 0 Å². The van der Waals surface area contributed by atoms with Crippen molar-refractivity contribution < 1.29 is 0 Å². The molecule has 2 aromatic carbocycles. The second-order valence-corrected chi connectivity index (χ2v) is 5.49. The summed E-state index contributed by atoms with van der Waals surface area (Å²) in [6.45, 7) is 5.24. The van der Waals surface area contributed by atoms with E-state index >= 15 is 0 Å². The highest BCUT2D eigenvalue weighted by Crippen LogP contribution is 2.30. The van der Waals surface area contributed by atoms with Gasteiger partial charge in [-0.15, -0.1) is 11.8 Å². The Balaban J connectivity index is 2.42. The molecule has 0 radical (unpaired) electrons. The Kier molecular flexibility index (Phi) is 5.06. The van der Waals surface area contributed by atoms with Crippen LogP contribution >= 0.6 is 11.8 Å². The van der Waals surface area contributed by atoms with E-state index in [0.717, 1.165) is 6.54 Å². The Bertz CT molecular complexity index is 519. The molecule has 0 saturated heterocycles. The molecular weight excluding hydrogens is 250 g/mol. The van der Waals surface area contributed by atoms with Gasteiger partial charge in [-0.2, -0.15) is 0 Å². The predicted molar refractivity (Wildman–Crippen MR) is 84.9 cm³/mol. The lowest BCUT2D eigenvalue weighted by Crippen LogP contribution is -2.22. The molecule has 1 atom stereocenters. The number of benzene rings is 2. The van der Waals surface area contributed by atoms with Crippen molar-refractivity contribution in [2.75, 3.05) is 12.8 Å². The van der Waals surface area contributed by atoms with Crippen LogP contribution in [0, 0.1) is 6.92 Å². The van der Waals surface area contributed by atoms with Gasteiger partial charge in [-0.1, -0.05) is 55.0 Å². The molecule has 0 bridgehead atoms. The predicted octanol–water partition coefficient (Wildman–Crippen LogP) is 4.42. The summed E-state index contributed by atoms with van der Waals surface area (Å²) in [4.78, 5) is 1.34. The fourth-order valence-electron chi connectivity index (χ4n) is 2.28. The van der Waals surface area contributed by atoms with Crippen molar-refractivity contribution in [3.05, 3.63) is 65.2 Å². The molecule has 0 amide bonds. The number of hydrogen-bond acceptors (Lipinski definition) is 2. The van der Waals surface area contributed by atoms with E-state index in [1.54, 1.807) is 0 Å². The van der Waals surface area contributed by atoms with Crippen LogP contribution in [0.1, 0.15) is 29.7 Å². The summed E-state index contributed by atoms with van der Waals surface area (Å²) < 4.78 is 0. The van der Waals surface area contributed by atoms with E-state index in [2.05, 4.69) is 74.0 Å². The van der Waals surface area contributed by atoms with Crippen LogP contribution < -0.4 is 5.32 Å². The molecule has 1 N–H and O–H groups in total. The van der Waals surface area contributed by atoms with Crippen molar-refractivity contribution in [1.82, 2.24) is 5.32 Å². The first-order valence-corrected chi connectivity index (χ1v) is 7.91. The molecule has 0 saturated carbocycles. The van der Waals surface area contributed by atoms with Gasteiger partial charge in [-0.05, 0) is 36.9 Å². The Morgan fingerprint density at radius 1 is 1.05 bits per heavy atom. The summed E-state index contributed by atoms with van der Waals surface area (Å²) in [5.74, 6) is 0. The highest BCUT2D eigenvalue weighted by Gasteiger charge is 2.15. The molecule has 0 aliphatic rings. The molecule has 2 rings (SSSR count). The first-order valence-electron chi connectivity index (χ1n) is 6.69.